The number of hydrogen-bond donors (Lipinski definition) is 0. The molecule has 3 rings (SSSR count). The maximum atomic E-state index is 12.9. The van der Waals surface area contributed by atoms with Crippen LogP contribution < -0.4 is 11.2 Å². The van der Waals surface area contributed by atoms with Gasteiger partial charge in [0.2, 0.25) is 0 Å². The summed E-state index contributed by atoms with van der Waals surface area (Å²) in [7, 11) is 3.03. The number of pyridine rings is 1. The molecule has 7 nitrogen and oxygen atoms in total. The molecular formula is C22H25N3O4S. The maximum Gasteiger partial charge on any atom is 0.332 e. The van der Waals surface area contributed by atoms with Gasteiger partial charge in [-0.15, -0.1) is 11.8 Å². The van der Waals surface area contributed by atoms with Gasteiger partial charge in [0.15, 0.2) is 0 Å². The Bertz CT molecular complexity index is 1180. The molecule has 8 heteroatoms. The Morgan fingerprint density at radius 3 is 2.50 bits per heavy atom. The van der Waals surface area contributed by atoms with Crippen LogP contribution in [0.2, 0.25) is 0 Å². The molecule has 3 aromatic rings. The monoisotopic (exact) mass is 427 g/mol. The van der Waals surface area contributed by atoms with Gasteiger partial charge in [-0.3, -0.25) is 18.7 Å². The van der Waals surface area contributed by atoms with Gasteiger partial charge in [0.05, 0.1) is 11.1 Å². The van der Waals surface area contributed by atoms with Crippen LogP contribution in [-0.4, -0.2) is 25.8 Å². The van der Waals surface area contributed by atoms with E-state index < -0.39 is 11.2 Å². The van der Waals surface area contributed by atoms with Crippen molar-refractivity contribution in [3.63, 3.8) is 0 Å². The number of rotatable bonds is 7. The van der Waals surface area contributed by atoms with E-state index in [4.69, 9.17) is 4.74 Å². The molecule has 0 atom stereocenters. The minimum atomic E-state index is -0.435. The number of carbonyl (C=O) groups is 1. The summed E-state index contributed by atoms with van der Waals surface area (Å²) in [5, 5.41) is 0.360. The second-order valence-electron chi connectivity index (χ2n) is 7.55. The maximum absolute atomic E-state index is 12.9. The van der Waals surface area contributed by atoms with E-state index in [-0.39, 0.29) is 18.3 Å². The fraction of sp³-hybridized carbons (Fsp3) is 0.364. The second-order valence-corrected chi connectivity index (χ2v) is 8.54. The van der Waals surface area contributed by atoms with Crippen molar-refractivity contribution < 1.29 is 9.53 Å². The third-order valence-corrected chi connectivity index (χ3v) is 5.84. The lowest BCUT2D eigenvalue weighted by Gasteiger charge is -2.15. The summed E-state index contributed by atoms with van der Waals surface area (Å²) in [6, 6.07) is 9.46. The molecule has 0 N–H and O–H groups in total. The van der Waals surface area contributed by atoms with Crippen LogP contribution in [0.4, 0.5) is 0 Å². The number of aromatic nitrogens is 3. The van der Waals surface area contributed by atoms with Crippen molar-refractivity contribution in [2.24, 2.45) is 20.0 Å². The number of hydrogen-bond acceptors (Lipinski definition) is 6. The van der Waals surface area contributed by atoms with Gasteiger partial charge in [-0.1, -0.05) is 44.2 Å². The molecule has 2 aromatic heterocycles. The molecule has 0 unspecified atom stereocenters. The van der Waals surface area contributed by atoms with E-state index in [1.165, 1.54) is 23.4 Å². The van der Waals surface area contributed by atoms with Gasteiger partial charge < -0.3 is 4.74 Å². The summed E-state index contributed by atoms with van der Waals surface area (Å²) in [4.78, 5) is 42.6. The van der Waals surface area contributed by atoms with E-state index >= 15 is 0 Å². The lowest BCUT2D eigenvalue weighted by atomic mass is 10.0. The van der Waals surface area contributed by atoms with Crippen molar-refractivity contribution in [2.45, 2.75) is 31.8 Å². The minimum Gasteiger partial charge on any atom is -0.460 e. The second kappa shape index (κ2) is 9.30. The van der Waals surface area contributed by atoms with Gasteiger partial charge in [0.1, 0.15) is 12.3 Å². The average Bonchev–Trinajstić information content (AvgIpc) is 2.73. The molecule has 0 saturated carbocycles. The van der Waals surface area contributed by atoms with Crippen LogP contribution in [0, 0.1) is 5.92 Å². The Balaban J connectivity index is 1.93. The van der Waals surface area contributed by atoms with Crippen molar-refractivity contribution in [1.29, 1.82) is 0 Å². The highest BCUT2D eigenvalue weighted by atomic mass is 32.2. The van der Waals surface area contributed by atoms with Crippen LogP contribution in [0.25, 0.3) is 11.0 Å². The number of nitrogens with zero attached hydrogens (tertiary/aromatic N) is 3. The first-order valence-corrected chi connectivity index (χ1v) is 10.7. The zero-order valence-electron chi connectivity index (χ0n) is 17.5. The summed E-state index contributed by atoms with van der Waals surface area (Å²) in [6.07, 6.45) is 2.40. The quantitative estimate of drug-likeness (QED) is 0.426. The predicted octanol–water partition coefficient (Wildman–Crippen LogP) is 2.67. The normalized spacial score (nSPS) is 11.2. The molecule has 0 fully saturated rings. The van der Waals surface area contributed by atoms with E-state index in [0.29, 0.717) is 28.3 Å². The van der Waals surface area contributed by atoms with Gasteiger partial charge >= 0.3 is 11.7 Å². The van der Waals surface area contributed by atoms with Crippen LogP contribution in [0.1, 0.15) is 25.0 Å². The molecule has 0 spiro atoms. The first kappa shape index (κ1) is 21.8. The molecule has 0 saturated heterocycles. The topological polar surface area (TPSA) is 83.2 Å². The number of carbonyl (C=O) groups excluding carboxylic acids is 1. The first-order valence-electron chi connectivity index (χ1n) is 9.69. The molecule has 1 aromatic carbocycles. The third-order valence-electron chi connectivity index (χ3n) is 4.70. The van der Waals surface area contributed by atoms with Gasteiger partial charge in [0, 0.05) is 25.2 Å². The molecule has 0 aliphatic rings. The Hall–Kier alpha value is -2.87. The van der Waals surface area contributed by atoms with E-state index in [2.05, 4.69) is 18.8 Å². The number of thioether (sulfide) groups is 1. The van der Waals surface area contributed by atoms with Gasteiger partial charge in [-0.05, 0) is 23.5 Å². The Morgan fingerprint density at radius 2 is 1.83 bits per heavy atom. The summed E-state index contributed by atoms with van der Waals surface area (Å²) >= 11 is 1.26. The van der Waals surface area contributed by atoms with Crippen LogP contribution in [0.5, 0.6) is 0 Å². The average molecular weight is 428 g/mol. The zero-order valence-corrected chi connectivity index (χ0v) is 18.4. The van der Waals surface area contributed by atoms with Gasteiger partial charge in [0.25, 0.3) is 5.56 Å². The Labute approximate surface area is 178 Å². The zero-order chi connectivity index (χ0) is 21.8. The SMILES string of the molecule is CC(C)Cc1cnc2c(c1SCC(=O)OCc1ccccc1)c(=O)n(C)c(=O)n2C. The highest BCUT2D eigenvalue weighted by Gasteiger charge is 2.19. The summed E-state index contributed by atoms with van der Waals surface area (Å²) in [5.74, 6) is 0.0271. The predicted molar refractivity (Wildman–Crippen MR) is 118 cm³/mol. The number of aryl methyl sites for hydroxylation is 1. The van der Waals surface area contributed by atoms with Crippen LogP contribution in [0.15, 0.2) is 51.0 Å². The van der Waals surface area contributed by atoms with E-state index in [9.17, 15) is 14.4 Å². The molecule has 0 bridgehead atoms. The van der Waals surface area contributed by atoms with Crippen molar-refractivity contribution in [1.82, 2.24) is 14.1 Å². The van der Waals surface area contributed by atoms with Crippen LogP contribution >= 0.6 is 11.8 Å². The lowest BCUT2D eigenvalue weighted by molar-refractivity contribution is -0.141. The molecule has 2 heterocycles. The van der Waals surface area contributed by atoms with Crippen LogP contribution in [0.3, 0.4) is 0 Å². The molecule has 158 valence electrons. The van der Waals surface area contributed by atoms with Crippen molar-refractivity contribution in [2.75, 3.05) is 5.75 Å². The highest BCUT2D eigenvalue weighted by molar-refractivity contribution is 8.00. The highest BCUT2D eigenvalue weighted by Crippen LogP contribution is 2.29. The standard InChI is InChI=1S/C22H25N3O4S/c1-14(2)10-16-11-23-20-18(21(27)25(4)22(28)24(20)3)19(16)30-13-17(26)29-12-15-8-6-5-7-9-15/h5-9,11,14H,10,12-13H2,1-4H3. The molecule has 0 aliphatic heterocycles. The number of fused-ring (bicyclic) bond motifs is 1. The molecular weight excluding hydrogens is 402 g/mol. The van der Waals surface area contributed by atoms with Gasteiger partial charge in [-0.25, -0.2) is 9.78 Å². The number of benzene rings is 1. The number of esters is 1. The summed E-state index contributed by atoms with van der Waals surface area (Å²) in [5.41, 5.74) is 1.26. The van der Waals surface area contributed by atoms with Gasteiger partial charge in [-0.2, -0.15) is 0 Å². The smallest absolute Gasteiger partial charge is 0.332 e. The number of ether oxygens (including phenoxy) is 1. The van der Waals surface area contributed by atoms with Crippen molar-refractivity contribution in [3.8, 4) is 0 Å². The fourth-order valence-electron chi connectivity index (χ4n) is 3.20. The van der Waals surface area contributed by atoms with E-state index in [0.717, 1.165) is 15.7 Å². The Morgan fingerprint density at radius 1 is 1.13 bits per heavy atom. The Kier molecular flexibility index (Phi) is 6.77. The fourth-order valence-corrected chi connectivity index (χ4v) is 4.19. The van der Waals surface area contributed by atoms with Crippen molar-refractivity contribution >= 4 is 28.8 Å². The molecule has 0 radical (unpaired) electrons. The largest absolute Gasteiger partial charge is 0.460 e. The molecule has 0 amide bonds. The summed E-state index contributed by atoms with van der Waals surface area (Å²) < 4.78 is 7.79. The van der Waals surface area contributed by atoms with E-state index in [1.54, 1.807) is 13.2 Å². The summed E-state index contributed by atoms with van der Waals surface area (Å²) in [6.45, 7) is 4.35. The third kappa shape index (κ3) is 4.64. The van der Waals surface area contributed by atoms with E-state index in [1.807, 2.05) is 30.3 Å². The van der Waals surface area contributed by atoms with Crippen LogP contribution in [-0.2, 0) is 36.7 Å². The van der Waals surface area contributed by atoms with Crippen molar-refractivity contribution in [3.05, 3.63) is 68.5 Å². The molecule has 30 heavy (non-hydrogen) atoms. The lowest BCUT2D eigenvalue weighted by Crippen LogP contribution is -2.37. The first-order chi connectivity index (χ1) is 14.3. The minimum absolute atomic E-state index is 0.0586. The molecule has 0 aliphatic carbocycles.